The summed E-state index contributed by atoms with van der Waals surface area (Å²) in [5.41, 5.74) is 0. The van der Waals surface area contributed by atoms with Gasteiger partial charge >= 0.3 is 80.9 Å². The van der Waals surface area contributed by atoms with Crippen molar-refractivity contribution in [3.63, 3.8) is 0 Å². The zero-order chi connectivity index (χ0) is 30.0. The molecule has 7 atom stereocenters. The Kier molecular flexibility index (Phi) is 113. The van der Waals surface area contributed by atoms with Crippen LogP contribution < -0.4 is 91.2 Å². The third kappa shape index (κ3) is 196. The van der Waals surface area contributed by atoms with Crippen molar-refractivity contribution in [2.75, 3.05) is 49.8 Å². The van der Waals surface area contributed by atoms with Gasteiger partial charge in [-0.05, 0) is 47.2 Å². The summed E-state index contributed by atoms with van der Waals surface area (Å²) in [6.07, 6.45) is -4.81. The van der Waals surface area contributed by atoms with Gasteiger partial charge in [0.1, 0.15) is 0 Å². The van der Waals surface area contributed by atoms with Crippen LogP contribution in [0.4, 0.5) is 0 Å². The standard InChI is InChI=1S/5C3H8O2.2C3H7O2.K.Na.Nb/c7*1-3(4)5-2;;;/h5*3-4H,1-2H3;2*3H,1-2H3;;;/q;;;;;2*-1;2*+1;. The monoisotopic (exact) mass is 685 g/mol. The Hall–Kier alpha value is 2.82. The largest absolute Gasteiger partial charge is 1.00 e. The summed E-state index contributed by atoms with van der Waals surface area (Å²) >= 11 is 0. The minimum Gasteiger partial charge on any atom is -0.831 e. The van der Waals surface area contributed by atoms with Crippen LogP contribution in [-0.4, -0.2) is 119 Å². The quantitative estimate of drug-likeness (QED) is 0.125. The molecule has 0 aromatic heterocycles. The van der Waals surface area contributed by atoms with E-state index in [1.54, 1.807) is 34.6 Å². The summed E-state index contributed by atoms with van der Waals surface area (Å²) in [5.74, 6) is 0. The van der Waals surface area contributed by atoms with E-state index in [0.29, 0.717) is 0 Å². The van der Waals surface area contributed by atoms with E-state index >= 15 is 0 Å². The maximum absolute atomic E-state index is 9.67. The molecular weight excluding hydrogens is 631 g/mol. The molecule has 0 saturated heterocycles. The SMILES string of the molecule is COC(C)O.COC(C)O.COC(C)O.COC(C)O.COC(C)O.COC(C)[O-].COC(C)[O-].[K+].[Na+].[Nb]. The molecule has 0 fully saturated rings. The van der Waals surface area contributed by atoms with Gasteiger partial charge in [-0.2, -0.15) is 0 Å². The van der Waals surface area contributed by atoms with Crippen LogP contribution in [0.2, 0.25) is 0 Å². The number of hydrogen-bond donors (Lipinski definition) is 5. The van der Waals surface area contributed by atoms with E-state index < -0.39 is 44.0 Å². The molecule has 0 bridgehead atoms. The van der Waals surface area contributed by atoms with Crippen molar-refractivity contribution in [2.45, 2.75) is 92.5 Å². The Labute approximate surface area is 310 Å². The van der Waals surface area contributed by atoms with Gasteiger partial charge in [-0.25, -0.2) is 0 Å². The Morgan fingerprint density at radius 2 is 0.447 bits per heavy atom. The molecule has 14 nitrogen and oxygen atoms in total. The Bertz CT molecular complexity index is 230. The van der Waals surface area contributed by atoms with Crippen LogP contribution in [0, 0.1) is 0 Å². The van der Waals surface area contributed by atoms with Gasteiger partial charge in [-0.1, -0.05) is 13.8 Å². The van der Waals surface area contributed by atoms with Crippen LogP contribution in [-0.2, 0) is 55.5 Å². The molecule has 0 aromatic rings. The molecule has 0 aliphatic heterocycles. The van der Waals surface area contributed by atoms with Gasteiger partial charge in [0.15, 0.2) is 31.5 Å². The Morgan fingerprint density at radius 1 is 0.395 bits per heavy atom. The second-order valence-electron chi connectivity index (χ2n) is 5.78. The van der Waals surface area contributed by atoms with Crippen LogP contribution in [0.1, 0.15) is 48.5 Å². The molecular formula is C21H54KNaNbO14. The van der Waals surface area contributed by atoms with Crippen LogP contribution in [0.25, 0.3) is 0 Å². The van der Waals surface area contributed by atoms with E-state index in [1.807, 2.05) is 0 Å². The zero-order valence-corrected chi connectivity index (χ0v) is 33.7. The van der Waals surface area contributed by atoms with Crippen molar-refractivity contribution in [2.24, 2.45) is 0 Å². The molecule has 229 valence electrons. The molecule has 0 amide bonds. The topological polar surface area (TPSA) is 212 Å². The summed E-state index contributed by atoms with van der Waals surface area (Å²) in [6.45, 7) is 10.7. The summed E-state index contributed by atoms with van der Waals surface area (Å²) in [7, 11) is 10.0. The van der Waals surface area contributed by atoms with Gasteiger partial charge in [0, 0.05) is 72.1 Å². The fourth-order valence-electron chi connectivity index (χ4n) is 0. The third-order valence-corrected chi connectivity index (χ3v) is 2.37. The summed E-state index contributed by atoms with van der Waals surface area (Å²) in [6, 6.07) is 0. The van der Waals surface area contributed by atoms with Gasteiger partial charge in [0.2, 0.25) is 0 Å². The predicted octanol–water partition coefficient (Wildman–Crippen LogP) is -7.46. The Morgan fingerprint density at radius 3 is 0.447 bits per heavy atom. The first-order valence-electron chi connectivity index (χ1n) is 10.3. The number of ether oxygens (including phenoxy) is 7. The fourth-order valence-corrected chi connectivity index (χ4v) is 0. The molecule has 0 aliphatic rings. The van der Waals surface area contributed by atoms with E-state index in [2.05, 4.69) is 33.2 Å². The molecule has 0 rings (SSSR count). The zero-order valence-electron chi connectivity index (χ0n) is 26.4. The number of rotatable bonds is 7. The van der Waals surface area contributed by atoms with Gasteiger partial charge in [-0.3, -0.25) is 0 Å². The summed E-state index contributed by atoms with van der Waals surface area (Å²) < 4.78 is 29.9. The second kappa shape index (κ2) is 63.2. The first kappa shape index (κ1) is 68.1. The molecule has 0 saturated carbocycles. The van der Waals surface area contributed by atoms with E-state index in [1.165, 1.54) is 63.6 Å². The van der Waals surface area contributed by atoms with Gasteiger partial charge in [-0.15, -0.1) is 0 Å². The van der Waals surface area contributed by atoms with Crippen molar-refractivity contribution < 1.29 is 172 Å². The molecule has 0 aromatic carbocycles. The molecule has 0 aliphatic carbocycles. The van der Waals surface area contributed by atoms with E-state index in [4.69, 9.17) is 25.5 Å². The first-order chi connectivity index (χ1) is 15.9. The van der Waals surface area contributed by atoms with Crippen molar-refractivity contribution in [3.05, 3.63) is 0 Å². The normalized spacial score (nSPS) is 13.8. The van der Waals surface area contributed by atoms with Gasteiger partial charge < -0.3 is 68.9 Å². The van der Waals surface area contributed by atoms with Crippen molar-refractivity contribution in [1.29, 1.82) is 0 Å². The summed E-state index contributed by atoms with van der Waals surface area (Å²) in [4.78, 5) is 0. The van der Waals surface area contributed by atoms with Crippen LogP contribution >= 0.6 is 0 Å². The fraction of sp³-hybridized carbons (Fsp3) is 1.00. The molecule has 38 heavy (non-hydrogen) atoms. The average molecular weight is 686 g/mol. The maximum atomic E-state index is 9.67. The Balaban J connectivity index is -0.0000000297. The average Bonchev–Trinajstić information content (AvgIpc) is 2.80. The van der Waals surface area contributed by atoms with Crippen LogP contribution in [0.5, 0.6) is 0 Å². The number of aliphatic hydroxyl groups excluding tert-OH is 5. The number of methoxy groups -OCH3 is 7. The molecule has 0 spiro atoms. The molecule has 7 unspecified atom stereocenters. The number of hydrogen-bond acceptors (Lipinski definition) is 14. The minimum atomic E-state index is -0.866. The second-order valence-corrected chi connectivity index (χ2v) is 5.78. The van der Waals surface area contributed by atoms with E-state index in [9.17, 15) is 10.2 Å². The van der Waals surface area contributed by atoms with E-state index in [-0.39, 0.29) is 103 Å². The maximum Gasteiger partial charge on any atom is 1.00 e. The van der Waals surface area contributed by atoms with Crippen LogP contribution in [0.3, 0.4) is 0 Å². The van der Waals surface area contributed by atoms with Crippen molar-refractivity contribution >= 4 is 0 Å². The molecule has 0 heterocycles. The van der Waals surface area contributed by atoms with Crippen LogP contribution in [0.15, 0.2) is 0 Å². The predicted molar refractivity (Wildman–Crippen MR) is 126 cm³/mol. The van der Waals surface area contributed by atoms with Gasteiger partial charge in [0.25, 0.3) is 0 Å². The van der Waals surface area contributed by atoms with Crippen molar-refractivity contribution in [3.8, 4) is 0 Å². The first-order valence-corrected chi connectivity index (χ1v) is 10.3. The van der Waals surface area contributed by atoms with Crippen molar-refractivity contribution in [1.82, 2.24) is 0 Å². The number of aliphatic hydroxyl groups is 5. The van der Waals surface area contributed by atoms with E-state index in [0.717, 1.165) is 0 Å². The molecule has 1 radical (unpaired) electrons. The summed E-state index contributed by atoms with van der Waals surface area (Å²) in [5, 5.41) is 60.0. The minimum absolute atomic E-state index is 0. The molecule has 5 N–H and O–H groups in total. The third-order valence-electron chi connectivity index (χ3n) is 2.37. The molecule has 17 heteroatoms. The smallest absolute Gasteiger partial charge is 0.831 e. The van der Waals surface area contributed by atoms with Gasteiger partial charge in [0.05, 0.1) is 0 Å².